The standard InChI is InChI=1S/C12H12N4OS/c1-14-11(17)4-5-16-10-6-8(7-13)2-3-9(10)15-12(16)18/h2-3,6H,4-5H2,1H3,(H,14,17)(H,15,18). The van der Waals surface area contributed by atoms with E-state index in [0.29, 0.717) is 23.3 Å². The molecule has 1 heterocycles. The summed E-state index contributed by atoms with van der Waals surface area (Å²) < 4.78 is 2.39. The Kier molecular flexibility index (Phi) is 3.44. The monoisotopic (exact) mass is 260 g/mol. The van der Waals surface area contributed by atoms with Crippen LogP contribution in [0.3, 0.4) is 0 Å². The summed E-state index contributed by atoms with van der Waals surface area (Å²) in [5.41, 5.74) is 2.30. The lowest BCUT2D eigenvalue weighted by molar-refractivity contribution is -0.120. The number of hydrogen-bond donors (Lipinski definition) is 2. The van der Waals surface area contributed by atoms with Gasteiger partial charge in [0.25, 0.3) is 0 Å². The van der Waals surface area contributed by atoms with Crippen molar-refractivity contribution in [1.29, 1.82) is 5.26 Å². The van der Waals surface area contributed by atoms with Gasteiger partial charge in [0, 0.05) is 20.0 Å². The van der Waals surface area contributed by atoms with E-state index >= 15 is 0 Å². The molecule has 0 spiro atoms. The van der Waals surface area contributed by atoms with E-state index < -0.39 is 0 Å². The molecule has 18 heavy (non-hydrogen) atoms. The molecule has 0 aliphatic rings. The van der Waals surface area contributed by atoms with Gasteiger partial charge in [0.05, 0.1) is 22.7 Å². The Bertz CT molecular complexity index is 692. The normalized spacial score (nSPS) is 10.2. The van der Waals surface area contributed by atoms with Gasteiger partial charge in [-0.2, -0.15) is 5.26 Å². The number of carbonyl (C=O) groups is 1. The molecule has 0 radical (unpaired) electrons. The number of nitriles is 1. The number of hydrogen-bond acceptors (Lipinski definition) is 3. The van der Waals surface area contributed by atoms with Crippen molar-refractivity contribution >= 4 is 29.2 Å². The summed E-state index contributed by atoms with van der Waals surface area (Å²) in [6, 6.07) is 7.41. The number of aromatic amines is 1. The number of amides is 1. The topological polar surface area (TPSA) is 73.6 Å². The summed E-state index contributed by atoms with van der Waals surface area (Å²) in [7, 11) is 1.60. The Morgan fingerprint density at radius 1 is 1.61 bits per heavy atom. The van der Waals surface area contributed by atoms with E-state index in [-0.39, 0.29) is 5.91 Å². The first-order valence-corrected chi connectivity index (χ1v) is 5.90. The average Bonchev–Trinajstić information content (AvgIpc) is 2.70. The van der Waals surface area contributed by atoms with Crippen molar-refractivity contribution in [2.75, 3.05) is 7.05 Å². The number of carbonyl (C=O) groups excluding carboxylic acids is 1. The van der Waals surface area contributed by atoms with Crippen molar-refractivity contribution in [1.82, 2.24) is 14.9 Å². The van der Waals surface area contributed by atoms with E-state index in [1.807, 2.05) is 10.6 Å². The predicted octanol–water partition coefficient (Wildman–Crippen LogP) is 1.71. The largest absolute Gasteiger partial charge is 0.359 e. The van der Waals surface area contributed by atoms with Crippen molar-refractivity contribution in [3.8, 4) is 6.07 Å². The number of benzene rings is 1. The van der Waals surface area contributed by atoms with E-state index in [1.54, 1.807) is 19.2 Å². The summed E-state index contributed by atoms with van der Waals surface area (Å²) in [4.78, 5) is 14.3. The zero-order valence-electron chi connectivity index (χ0n) is 9.86. The van der Waals surface area contributed by atoms with E-state index in [1.165, 1.54) is 0 Å². The van der Waals surface area contributed by atoms with Crippen LogP contribution in [0, 0.1) is 16.1 Å². The summed E-state index contributed by atoms with van der Waals surface area (Å²) >= 11 is 5.21. The Balaban J connectivity index is 2.43. The molecule has 1 aromatic carbocycles. The highest BCUT2D eigenvalue weighted by Crippen LogP contribution is 2.16. The third-order valence-electron chi connectivity index (χ3n) is 2.75. The zero-order chi connectivity index (χ0) is 13.1. The number of aromatic nitrogens is 2. The van der Waals surface area contributed by atoms with E-state index in [0.717, 1.165) is 11.0 Å². The number of fused-ring (bicyclic) bond motifs is 1. The fourth-order valence-corrected chi connectivity index (χ4v) is 2.08. The molecule has 0 bridgehead atoms. The van der Waals surface area contributed by atoms with Gasteiger partial charge in [0.2, 0.25) is 5.91 Å². The Labute approximate surface area is 109 Å². The highest BCUT2D eigenvalue weighted by atomic mass is 32.1. The second kappa shape index (κ2) is 5.02. The van der Waals surface area contributed by atoms with Gasteiger partial charge in [0.1, 0.15) is 0 Å². The fraction of sp³-hybridized carbons (Fsp3) is 0.250. The van der Waals surface area contributed by atoms with Crippen LogP contribution in [0.25, 0.3) is 11.0 Å². The van der Waals surface area contributed by atoms with Gasteiger partial charge in [-0.25, -0.2) is 0 Å². The molecule has 0 aliphatic heterocycles. The third kappa shape index (κ3) is 2.26. The minimum absolute atomic E-state index is 0.0392. The van der Waals surface area contributed by atoms with E-state index in [4.69, 9.17) is 17.5 Å². The zero-order valence-corrected chi connectivity index (χ0v) is 10.7. The first kappa shape index (κ1) is 12.3. The van der Waals surface area contributed by atoms with Gasteiger partial charge >= 0.3 is 0 Å². The summed E-state index contributed by atoms with van der Waals surface area (Å²) in [5.74, 6) is -0.0392. The highest BCUT2D eigenvalue weighted by molar-refractivity contribution is 7.71. The van der Waals surface area contributed by atoms with Crippen molar-refractivity contribution in [3.63, 3.8) is 0 Å². The molecule has 0 saturated heterocycles. The van der Waals surface area contributed by atoms with Crippen LogP contribution < -0.4 is 5.32 Å². The van der Waals surface area contributed by atoms with Crippen LogP contribution >= 0.6 is 12.2 Å². The van der Waals surface area contributed by atoms with Gasteiger partial charge < -0.3 is 14.9 Å². The minimum Gasteiger partial charge on any atom is -0.359 e. The van der Waals surface area contributed by atoms with Crippen LogP contribution in [0.15, 0.2) is 18.2 Å². The molecule has 0 unspecified atom stereocenters. The van der Waals surface area contributed by atoms with Crippen molar-refractivity contribution in [2.45, 2.75) is 13.0 Å². The number of nitrogens with zero attached hydrogens (tertiary/aromatic N) is 2. The first-order valence-electron chi connectivity index (χ1n) is 5.49. The van der Waals surface area contributed by atoms with Gasteiger partial charge in [-0.05, 0) is 30.4 Å². The van der Waals surface area contributed by atoms with Gasteiger partial charge in [-0.3, -0.25) is 4.79 Å². The molecule has 1 amide bonds. The van der Waals surface area contributed by atoms with Crippen LogP contribution in [0.2, 0.25) is 0 Å². The quantitative estimate of drug-likeness (QED) is 0.825. The van der Waals surface area contributed by atoms with Crippen LogP contribution in [0.4, 0.5) is 0 Å². The highest BCUT2D eigenvalue weighted by Gasteiger charge is 2.07. The number of aryl methyl sites for hydroxylation is 1. The molecule has 5 nitrogen and oxygen atoms in total. The average molecular weight is 260 g/mol. The molecule has 0 fully saturated rings. The molecule has 2 aromatic rings. The van der Waals surface area contributed by atoms with Crippen molar-refractivity contribution in [2.24, 2.45) is 0 Å². The summed E-state index contributed by atoms with van der Waals surface area (Å²) in [6.07, 6.45) is 0.356. The molecule has 6 heteroatoms. The lowest BCUT2D eigenvalue weighted by Gasteiger charge is -2.03. The van der Waals surface area contributed by atoms with Crippen molar-refractivity contribution in [3.05, 3.63) is 28.5 Å². The second-order valence-electron chi connectivity index (χ2n) is 3.85. The molecule has 1 aromatic heterocycles. The maximum Gasteiger partial charge on any atom is 0.221 e. The molecule has 0 atom stereocenters. The number of rotatable bonds is 3. The molecule has 92 valence electrons. The van der Waals surface area contributed by atoms with E-state index in [9.17, 15) is 4.79 Å². The Morgan fingerprint density at radius 2 is 2.39 bits per heavy atom. The van der Waals surface area contributed by atoms with Crippen molar-refractivity contribution < 1.29 is 4.79 Å². The summed E-state index contributed by atoms with van der Waals surface area (Å²) in [6.45, 7) is 0.493. The van der Waals surface area contributed by atoms with Crippen LogP contribution in [0.1, 0.15) is 12.0 Å². The number of imidazole rings is 1. The SMILES string of the molecule is CNC(=O)CCn1c(=S)[nH]c2ccc(C#N)cc21. The lowest BCUT2D eigenvalue weighted by atomic mass is 10.2. The van der Waals surface area contributed by atoms with Crippen LogP contribution in [0.5, 0.6) is 0 Å². The smallest absolute Gasteiger partial charge is 0.221 e. The van der Waals surface area contributed by atoms with Crippen LogP contribution in [-0.2, 0) is 11.3 Å². The molecule has 2 rings (SSSR count). The van der Waals surface area contributed by atoms with Gasteiger partial charge in [-0.15, -0.1) is 0 Å². The molecular formula is C12H12N4OS. The third-order valence-corrected chi connectivity index (χ3v) is 3.07. The lowest BCUT2D eigenvalue weighted by Crippen LogP contribution is -2.19. The van der Waals surface area contributed by atoms with E-state index in [2.05, 4.69) is 16.4 Å². The van der Waals surface area contributed by atoms with Gasteiger partial charge in [-0.1, -0.05) is 0 Å². The summed E-state index contributed by atoms with van der Waals surface area (Å²) in [5, 5.41) is 11.5. The first-order chi connectivity index (χ1) is 8.65. The fourth-order valence-electron chi connectivity index (χ4n) is 1.78. The maximum absolute atomic E-state index is 11.3. The molecule has 0 saturated carbocycles. The maximum atomic E-state index is 11.3. The number of H-pyrrole nitrogens is 1. The second-order valence-corrected chi connectivity index (χ2v) is 4.24. The Hall–Kier alpha value is -2.13. The Morgan fingerprint density at radius 3 is 3.06 bits per heavy atom. The van der Waals surface area contributed by atoms with Crippen LogP contribution in [-0.4, -0.2) is 22.5 Å². The molecule has 2 N–H and O–H groups in total. The predicted molar refractivity (Wildman–Crippen MR) is 70.5 cm³/mol. The number of nitrogens with one attached hydrogen (secondary N) is 2. The van der Waals surface area contributed by atoms with Gasteiger partial charge in [0.15, 0.2) is 4.77 Å². The minimum atomic E-state index is -0.0392. The molecule has 0 aliphatic carbocycles. The molecular weight excluding hydrogens is 248 g/mol.